The molecule has 5 heteroatoms. The second-order valence-corrected chi connectivity index (χ2v) is 3.94. The summed E-state index contributed by atoms with van der Waals surface area (Å²) in [6.45, 7) is 0. The third-order valence-corrected chi connectivity index (χ3v) is 2.51. The zero-order valence-corrected chi connectivity index (χ0v) is 9.79. The van der Waals surface area contributed by atoms with Crippen LogP contribution in [0.2, 0.25) is 0 Å². The molecule has 0 bridgehead atoms. The number of amides is 1. The van der Waals surface area contributed by atoms with Crippen molar-refractivity contribution < 1.29 is 18.0 Å². The first-order valence-electron chi connectivity index (χ1n) is 5.54. The Morgan fingerprint density at radius 2 is 1.74 bits per heavy atom. The number of carbonyl (C=O) groups is 1. The highest BCUT2D eigenvalue weighted by molar-refractivity contribution is 5.92. The smallest absolute Gasteiger partial charge is 0.228 e. The maximum Gasteiger partial charge on any atom is 0.228 e. The number of hydrogen-bond donors (Lipinski definition) is 1. The molecule has 0 radical (unpaired) electrons. The normalized spacial score (nSPS) is 10.3. The van der Waals surface area contributed by atoms with Crippen molar-refractivity contribution in [1.82, 2.24) is 0 Å². The van der Waals surface area contributed by atoms with Gasteiger partial charge in [0.15, 0.2) is 0 Å². The zero-order valence-electron chi connectivity index (χ0n) is 9.79. The molecule has 1 amide bonds. The minimum absolute atomic E-state index is 0.191. The van der Waals surface area contributed by atoms with Crippen LogP contribution < -0.4 is 5.32 Å². The number of rotatable bonds is 3. The van der Waals surface area contributed by atoms with Crippen LogP contribution in [0.3, 0.4) is 0 Å². The summed E-state index contributed by atoms with van der Waals surface area (Å²) >= 11 is 0. The molecule has 2 aromatic rings. The van der Waals surface area contributed by atoms with Crippen LogP contribution in [-0.4, -0.2) is 5.91 Å². The quantitative estimate of drug-likeness (QED) is 0.906. The molecule has 0 aliphatic heterocycles. The molecule has 0 aromatic heterocycles. The van der Waals surface area contributed by atoms with Crippen LogP contribution >= 0.6 is 0 Å². The summed E-state index contributed by atoms with van der Waals surface area (Å²) in [5.41, 5.74) is -0.0712. The first-order valence-corrected chi connectivity index (χ1v) is 5.54. The van der Waals surface area contributed by atoms with Crippen LogP contribution in [-0.2, 0) is 11.2 Å². The number of carbonyl (C=O) groups excluding carboxylic acids is 1. The Balaban J connectivity index is 2.10. The van der Waals surface area contributed by atoms with Gasteiger partial charge in [-0.15, -0.1) is 0 Å². The number of benzene rings is 2. The van der Waals surface area contributed by atoms with Crippen LogP contribution in [0.4, 0.5) is 18.9 Å². The molecular formula is C14H10F3NO. The maximum atomic E-state index is 13.3. The van der Waals surface area contributed by atoms with Crippen molar-refractivity contribution in [2.24, 2.45) is 0 Å². The van der Waals surface area contributed by atoms with E-state index in [1.54, 1.807) is 6.07 Å². The summed E-state index contributed by atoms with van der Waals surface area (Å²) in [5.74, 6) is -2.54. The summed E-state index contributed by atoms with van der Waals surface area (Å²) in [6.07, 6.45) is -0.247. The van der Waals surface area contributed by atoms with Gasteiger partial charge in [0.05, 0.1) is 12.1 Å². The fourth-order valence-electron chi connectivity index (χ4n) is 1.60. The van der Waals surface area contributed by atoms with Crippen molar-refractivity contribution in [2.75, 3.05) is 5.32 Å². The standard InChI is InChI=1S/C14H10F3NO/c15-10-5-6-12(17)13(8-10)18-14(19)7-9-3-1-2-4-11(9)16/h1-6,8H,7H2,(H,18,19). The van der Waals surface area contributed by atoms with Gasteiger partial charge >= 0.3 is 0 Å². The van der Waals surface area contributed by atoms with E-state index in [4.69, 9.17) is 0 Å². The topological polar surface area (TPSA) is 29.1 Å². The highest BCUT2D eigenvalue weighted by atomic mass is 19.1. The molecule has 1 N–H and O–H groups in total. The van der Waals surface area contributed by atoms with Crippen LogP contribution in [0, 0.1) is 17.5 Å². The largest absolute Gasteiger partial charge is 0.323 e. The zero-order chi connectivity index (χ0) is 13.8. The Bertz CT molecular complexity index is 613. The number of hydrogen-bond acceptors (Lipinski definition) is 1. The lowest BCUT2D eigenvalue weighted by atomic mass is 10.1. The molecule has 2 aromatic carbocycles. The lowest BCUT2D eigenvalue weighted by Gasteiger charge is -2.07. The minimum Gasteiger partial charge on any atom is -0.323 e. The fraction of sp³-hybridized carbons (Fsp3) is 0.0714. The molecule has 19 heavy (non-hydrogen) atoms. The van der Waals surface area contributed by atoms with E-state index < -0.39 is 23.4 Å². The van der Waals surface area contributed by atoms with Gasteiger partial charge in [-0.2, -0.15) is 0 Å². The van der Waals surface area contributed by atoms with Gasteiger partial charge < -0.3 is 5.32 Å². The summed E-state index contributed by atoms with van der Waals surface area (Å²) in [7, 11) is 0. The van der Waals surface area contributed by atoms with Crippen molar-refractivity contribution in [3.63, 3.8) is 0 Å². The molecule has 0 saturated carbocycles. The Morgan fingerprint density at radius 3 is 2.47 bits per heavy atom. The summed E-state index contributed by atoms with van der Waals surface area (Å²) in [5, 5.41) is 2.21. The minimum atomic E-state index is -0.747. The van der Waals surface area contributed by atoms with E-state index in [9.17, 15) is 18.0 Å². The van der Waals surface area contributed by atoms with Crippen LogP contribution in [0.5, 0.6) is 0 Å². The van der Waals surface area contributed by atoms with E-state index in [0.29, 0.717) is 0 Å². The monoisotopic (exact) mass is 265 g/mol. The van der Waals surface area contributed by atoms with E-state index in [1.807, 2.05) is 0 Å². The average molecular weight is 265 g/mol. The number of nitrogens with one attached hydrogen (secondary N) is 1. The molecule has 0 fully saturated rings. The Morgan fingerprint density at radius 1 is 1.00 bits per heavy atom. The van der Waals surface area contributed by atoms with Gasteiger partial charge in [-0.25, -0.2) is 13.2 Å². The van der Waals surface area contributed by atoms with Gasteiger partial charge in [-0.1, -0.05) is 18.2 Å². The third kappa shape index (κ3) is 3.34. The summed E-state index contributed by atoms with van der Waals surface area (Å²) in [6, 6.07) is 8.50. The molecular weight excluding hydrogens is 255 g/mol. The lowest BCUT2D eigenvalue weighted by Crippen LogP contribution is -2.16. The molecule has 2 nitrogen and oxygen atoms in total. The first-order chi connectivity index (χ1) is 9.06. The van der Waals surface area contributed by atoms with Gasteiger partial charge in [0.1, 0.15) is 17.5 Å². The fourth-order valence-corrected chi connectivity index (χ4v) is 1.60. The van der Waals surface area contributed by atoms with E-state index in [0.717, 1.165) is 18.2 Å². The number of halogens is 3. The molecule has 0 saturated heterocycles. The predicted molar refractivity (Wildman–Crippen MR) is 65.1 cm³/mol. The van der Waals surface area contributed by atoms with Crippen molar-refractivity contribution in [3.05, 3.63) is 65.5 Å². The Labute approximate surface area is 107 Å². The SMILES string of the molecule is O=C(Cc1ccccc1F)Nc1cc(F)ccc1F. The van der Waals surface area contributed by atoms with E-state index in [1.165, 1.54) is 18.2 Å². The lowest BCUT2D eigenvalue weighted by molar-refractivity contribution is -0.115. The van der Waals surface area contributed by atoms with Gasteiger partial charge in [-0.3, -0.25) is 4.79 Å². The Kier molecular flexibility index (Phi) is 3.85. The second kappa shape index (κ2) is 5.56. The van der Waals surface area contributed by atoms with Crippen molar-refractivity contribution in [1.29, 1.82) is 0 Å². The molecule has 0 heterocycles. The number of anilines is 1. The van der Waals surface area contributed by atoms with E-state index >= 15 is 0 Å². The van der Waals surface area contributed by atoms with Crippen molar-refractivity contribution in [3.8, 4) is 0 Å². The van der Waals surface area contributed by atoms with Crippen LogP contribution in [0.15, 0.2) is 42.5 Å². The maximum absolute atomic E-state index is 13.3. The summed E-state index contributed by atoms with van der Waals surface area (Å²) < 4.78 is 39.5. The van der Waals surface area contributed by atoms with Gasteiger partial charge in [0, 0.05) is 6.07 Å². The van der Waals surface area contributed by atoms with Crippen LogP contribution in [0.25, 0.3) is 0 Å². The van der Waals surface area contributed by atoms with Crippen molar-refractivity contribution in [2.45, 2.75) is 6.42 Å². The Hall–Kier alpha value is -2.30. The highest BCUT2D eigenvalue weighted by Crippen LogP contribution is 2.16. The van der Waals surface area contributed by atoms with Gasteiger partial charge in [0.2, 0.25) is 5.91 Å². The summed E-state index contributed by atoms with van der Waals surface area (Å²) in [4.78, 5) is 11.6. The highest BCUT2D eigenvalue weighted by Gasteiger charge is 2.11. The van der Waals surface area contributed by atoms with Gasteiger partial charge in [-0.05, 0) is 23.8 Å². The molecule has 0 unspecified atom stereocenters. The molecule has 2 rings (SSSR count). The van der Waals surface area contributed by atoms with Crippen LogP contribution in [0.1, 0.15) is 5.56 Å². The molecule has 0 spiro atoms. The van der Waals surface area contributed by atoms with E-state index in [-0.39, 0.29) is 17.7 Å². The van der Waals surface area contributed by atoms with E-state index in [2.05, 4.69) is 5.32 Å². The molecule has 98 valence electrons. The second-order valence-electron chi connectivity index (χ2n) is 3.94. The molecule has 0 aliphatic carbocycles. The molecule has 0 aliphatic rings. The average Bonchev–Trinajstić information content (AvgIpc) is 2.37. The molecule has 0 atom stereocenters. The van der Waals surface area contributed by atoms with Gasteiger partial charge in [0.25, 0.3) is 0 Å². The van der Waals surface area contributed by atoms with Crippen molar-refractivity contribution >= 4 is 11.6 Å². The third-order valence-electron chi connectivity index (χ3n) is 2.51. The predicted octanol–water partition coefficient (Wildman–Crippen LogP) is 3.29. The first kappa shape index (κ1) is 13.1.